The molecule has 2 aromatic rings. The molecule has 0 saturated heterocycles. The number of amides is 2. The lowest BCUT2D eigenvalue weighted by atomic mass is 10.2. The summed E-state index contributed by atoms with van der Waals surface area (Å²) in [6.07, 6.45) is 2.84. The van der Waals surface area contributed by atoms with Crippen molar-refractivity contribution in [2.24, 2.45) is 0 Å². The average molecular weight is 466 g/mol. The van der Waals surface area contributed by atoms with E-state index < -0.39 is 28.4 Å². The number of sulfonamides is 1. The molecular formula is C19H20BrN3O4S. The van der Waals surface area contributed by atoms with Crippen LogP contribution in [0.4, 0.5) is 0 Å². The quantitative estimate of drug-likeness (QED) is 0.504. The fourth-order valence-electron chi connectivity index (χ4n) is 2.17. The molecule has 2 aromatic carbocycles. The second-order valence-electron chi connectivity index (χ2n) is 6.00. The number of benzene rings is 2. The second kappa shape index (κ2) is 9.63. The molecule has 0 aliphatic rings. The first kappa shape index (κ1) is 21.8. The van der Waals surface area contributed by atoms with Crippen molar-refractivity contribution in [2.45, 2.75) is 11.8 Å². The molecule has 0 unspecified atom stereocenters. The minimum absolute atomic E-state index is 0.0920. The highest BCUT2D eigenvalue weighted by Crippen LogP contribution is 2.14. The third-order valence-electron chi connectivity index (χ3n) is 3.70. The van der Waals surface area contributed by atoms with Gasteiger partial charge in [-0.25, -0.2) is 8.42 Å². The maximum absolute atomic E-state index is 12.4. The van der Waals surface area contributed by atoms with Crippen molar-refractivity contribution in [1.29, 1.82) is 0 Å². The Morgan fingerprint density at radius 3 is 2.43 bits per heavy atom. The van der Waals surface area contributed by atoms with Crippen LogP contribution in [-0.4, -0.2) is 38.1 Å². The van der Waals surface area contributed by atoms with Gasteiger partial charge in [-0.2, -0.15) is 4.31 Å². The molecule has 2 N–H and O–H groups in total. The Labute approximate surface area is 172 Å². The number of hydrogen-bond acceptors (Lipinski definition) is 4. The van der Waals surface area contributed by atoms with Crippen molar-refractivity contribution >= 4 is 43.8 Å². The van der Waals surface area contributed by atoms with E-state index in [0.717, 1.165) is 19.9 Å². The van der Waals surface area contributed by atoms with Crippen molar-refractivity contribution in [2.75, 3.05) is 13.6 Å². The summed E-state index contributed by atoms with van der Waals surface area (Å²) in [4.78, 5) is 23.8. The summed E-state index contributed by atoms with van der Waals surface area (Å²) in [5, 5.41) is 0. The minimum atomic E-state index is -3.80. The Balaban J connectivity index is 1.87. The van der Waals surface area contributed by atoms with Gasteiger partial charge in [0.2, 0.25) is 10.0 Å². The minimum Gasteiger partial charge on any atom is -0.272 e. The van der Waals surface area contributed by atoms with Gasteiger partial charge in [-0.3, -0.25) is 20.4 Å². The zero-order chi connectivity index (χ0) is 20.7. The molecule has 0 bridgehead atoms. The summed E-state index contributed by atoms with van der Waals surface area (Å²) in [6.45, 7) is 1.41. The van der Waals surface area contributed by atoms with Crippen LogP contribution in [0.1, 0.15) is 11.1 Å². The Morgan fingerprint density at radius 1 is 1.11 bits per heavy atom. The molecule has 0 radical (unpaired) electrons. The lowest BCUT2D eigenvalue weighted by Gasteiger charge is -2.17. The molecule has 2 rings (SSSR count). The summed E-state index contributed by atoms with van der Waals surface area (Å²) in [6, 6.07) is 13.6. The molecule has 148 valence electrons. The van der Waals surface area contributed by atoms with Gasteiger partial charge < -0.3 is 0 Å². The molecule has 7 nitrogen and oxygen atoms in total. The maximum Gasteiger partial charge on any atom is 0.262 e. The van der Waals surface area contributed by atoms with E-state index in [-0.39, 0.29) is 4.90 Å². The van der Waals surface area contributed by atoms with Gasteiger partial charge in [0, 0.05) is 17.6 Å². The van der Waals surface area contributed by atoms with E-state index in [1.165, 1.54) is 25.3 Å². The Kier molecular flexibility index (Phi) is 7.50. The SMILES string of the molecule is Cc1ccc(S(=O)(=O)N(C)CC(=O)NNC(=O)/C=C/c2cccc(Br)c2)cc1. The van der Waals surface area contributed by atoms with Gasteiger partial charge in [0.25, 0.3) is 11.8 Å². The van der Waals surface area contributed by atoms with E-state index >= 15 is 0 Å². The molecule has 9 heteroatoms. The molecule has 0 aromatic heterocycles. The Bertz CT molecular complexity index is 988. The van der Waals surface area contributed by atoms with Gasteiger partial charge in [-0.15, -0.1) is 0 Å². The number of nitrogens with one attached hydrogen (secondary N) is 2. The predicted octanol–water partition coefficient (Wildman–Crippen LogP) is 2.24. The van der Waals surface area contributed by atoms with Gasteiger partial charge in [-0.05, 0) is 42.8 Å². The van der Waals surface area contributed by atoms with Crippen LogP contribution in [0.2, 0.25) is 0 Å². The summed E-state index contributed by atoms with van der Waals surface area (Å²) < 4.78 is 26.7. The van der Waals surface area contributed by atoms with E-state index in [0.29, 0.717) is 0 Å². The fraction of sp³-hybridized carbons (Fsp3) is 0.158. The highest BCUT2D eigenvalue weighted by atomic mass is 79.9. The van der Waals surface area contributed by atoms with Crippen molar-refractivity contribution in [3.63, 3.8) is 0 Å². The van der Waals surface area contributed by atoms with Crippen LogP contribution < -0.4 is 10.9 Å². The normalized spacial score (nSPS) is 11.6. The number of hydrazine groups is 1. The van der Waals surface area contributed by atoms with Crippen molar-refractivity contribution < 1.29 is 18.0 Å². The number of halogens is 1. The van der Waals surface area contributed by atoms with Crippen molar-refractivity contribution in [3.05, 3.63) is 70.2 Å². The first-order chi connectivity index (χ1) is 13.2. The molecule has 0 aliphatic carbocycles. The maximum atomic E-state index is 12.4. The lowest BCUT2D eigenvalue weighted by molar-refractivity contribution is -0.126. The van der Waals surface area contributed by atoms with Gasteiger partial charge in [0.1, 0.15) is 0 Å². The molecule has 0 saturated carbocycles. The van der Waals surface area contributed by atoms with Crippen LogP contribution in [0.25, 0.3) is 6.08 Å². The number of aryl methyl sites for hydroxylation is 1. The average Bonchev–Trinajstić information content (AvgIpc) is 2.65. The van der Waals surface area contributed by atoms with E-state index in [1.54, 1.807) is 18.2 Å². The summed E-state index contributed by atoms with van der Waals surface area (Å²) in [5.41, 5.74) is 6.14. The fourth-order valence-corrected chi connectivity index (χ4v) is 3.72. The molecule has 0 fully saturated rings. The molecule has 0 spiro atoms. The van der Waals surface area contributed by atoms with Crippen LogP contribution in [0.15, 0.2) is 64.0 Å². The summed E-state index contributed by atoms with van der Waals surface area (Å²) >= 11 is 3.33. The smallest absolute Gasteiger partial charge is 0.262 e. The molecule has 28 heavy (non-hydrogen) atoms. The molecular weight excluding hydrogens is 446 g/mol. The monoisotopic (exact) mass is 465 g/mol. The number of carbonyl (C=O) groups is 2. The van der Waals surface area contributed by atoms with Crippen LogP contribution in [-0.2, 0) is 19.6 Å². The standard InChI is InChI=1S/C19H20BrN3O4S/c1-14-6-9-17(10-7-14)28(26,27)23(2)13-19(25)22-21-18(24)11-8-15-4-3-5-16(20)12-15/h3-12H,13H2,1-2H3,(H,21,24)(H,22,25)/b11-8+. The number of hydrogen-bond donors (Lipinski definition) is 2. The molecule has 0 atom stereocenters. The van der Waals surface area contributed by atoms with Gasteiger partial charge >= 0.3 is 0 Å². The molecule has 2 amide bonds. The third kappa shape index (κ3) is 6.29. The second-order valence-corrected chi connectivity index (χ2v) is 8.96. The molecule has 0 heterocycles. The first-order valence-electron chi connectivity index (χ1n) is 8.24. The van der Waals surface area contributed by atoms with Gasteiger partial charge in [-0.1, -0.05) is 45.8 Å². The number of carbonyl (C=O) groups excluding carboxylic acids is 2. The Morgan fingerprint density at radius 2 is 1.79 bits per heavy atom. The topological polar surface area (TPSA) is 95.6 Å². The summed E-state index contributed by atoms with van der Waals surface area (Å²) in [5.74, 6) is -1.21. The van der Waals surface area contributed by atoms with E-state index in [9.17, 15) is 18.0 Å². The van der Waals surface area contributed by atoms with Gasteiger partial charge in [0.05, 0.1) is 11.4 Å². The van der Waals surface area contributed by atoms with Crippen molar-refractivity contribution in [3.8, 4) is 0 Å². The van der Waals surface area contributed by atoms with E-state index in [1.807, 2.05) is 31.2 Å². The van der Waals surface area contributed by atoms with E-state index in [2.05, 4.69) is 26.8 Å². The highest BCUT2D eigenvalue weighted by molar-refractivity contribution is 9.10. The first-order valence-corrected chi connectivity index (χ1v) is 10.5. The largest absolute Gasteiger partial charge is 0.272 e. The van der Waals surface area contributed by atoms with E-state index in [4.69, 9.17) is 0 Å². The lowest BCUT2D eigenvalue weighted by Crippen LogP contribution is -2.46. The van der Waals surface area contributed by atoms with Crippen LogP contribution in [0.3, 0.4) is 0 Å². The van der Waals surface area contributed by atoms with Crippen LogP contribution in [0.5, 0.6) is 0 Å². The Hall–Kier alpha value is -2.49. The van der Waals surface area contributed by atoms with Gasteiger partial charge in [0.15, 0.2) is 0 Å². The highest BCUT2D eigenvalue weighted by Gasteiger charge is 2.22. The van der Waals surface area contributed by atoms with Crippen molar-refractivity contribution in [1.82, 2.24) is 15.2 Å². The third-order valence-corrected chi connectivity index (χ3v) is 6.01. The van der Waals surface area contributed by atoms with Crippen LogP contribution in [0, 0.1) is 6.92 Å². The number of rotatable bonds is 6. The summed E-state index contributed by atoms with van der Waals surface area (Å²) in [7, 11) is -2.50. The number of nitrogens with zero attached hydrogens (tertiary/aromatic N) is 1. The zero-order valence-corrected chi connectivity index (χ0v) is 17.7. The zero-order valence-electron chi connectivity index (χ0n) is 15.3. The predicted molar refractivity (Wildman–Crippen MR) is 110 cm³/mol. The molecule has 0 aliphatic heterocycles. The number of likely N-dealkylation sites (N-methyl/N-ethyl adjacent to an activating group) is 1. The van der Waals surface area contributed by atoms with Crippen LogP contribution >= 0.6 is 15.9 Å².